The fourth-order valence-corrected chi connectivity index (χ4v) is 3.99. The molecular formula is C5HN4O2P. The van der Waals surface area contributed by atoms with Crippen molar-refractivity contribution in [1.82, 2.24) is 20.6 Å². The van der Waals surface area contributed by atoms with E-state index in [1.165, 1.54) is 0 Å². The molecule has 6 nitrogen and oxygen atoms in total. The van der Waals surface area contributed by atoms with Gasteiger partial charge < -0.3 is 8.98 Å². The van der Waals surface area contributed by atoms with Gasteiger partial charge in [-0.05, 0) is 5.21 Å². The second-order valence-corrected chi connectivity index (χ2v) is 5.30. The van der Waals surface area contributed by atoms with Crippen LogP contribution in [0.1, 0.15) is 0 Å². The molecule has 12 heavy (non-hydrogen) atoms. The first kappa shape index (κ1) is 5.27. The molecule has 7 heteroatoms. The van der Waals surface area contributed by atoms with E-state index < -0.39 is 7.14 Å². The third kappa shape index (κ3) is 0.315. The number of aromatic nitrogens is 4. The molecule has 2 aromatic heterocycles. The number of furan rings is 1. The Morgan fingerprint density at radius 3 is 2.75 bits per heavy atom. The number of rotatable bonds is 1. The SMILES string of the molecule is O=P12c3oc(-c4nn[nH]n4)c1c32. The third-order valence-electron chi connectivity index (χ3n) is 2.20. The summed E-state index contributed by atoms with van der Waals surface area (Å²) in [5, 5.41) is 14.9. The number of hydrogen-bond acceptors (Lipinski definition) is 5. The van der Waals surface area contributed by atoms with Gasteiger partial charge in [0.25, 0.3) is 0 Å². The van der Waals surface area contributed by atoms with Crippen LogP contribution < -0.4 is 16.1 Å². The molecule has 0 radical (unpaired) electrons. The maximum absolute atomic E-state index is 11.5. The number of tetrazole rings is 1. The molecule has 1 N–H and O–H groups in total. The van der Waals surface area contributed by atoms with Crippen molar-refractivity contribution in [2.24, 2.45) is 0 Å². The number of nitrogens with one attached hydrogen (secondary N) is 1. The van der Waals surface area contributed by atoms with Crippen LogP contribution in [-0.4, -0.2) is 20.6 Å². The minimum absolute atomic E-state index is 0.396. The van der Waals surface area contributed by atoms with Gasteiger partial charge in [0.15, 0.2) is 11.3 Å². The van der Waals surface area contributed by atoms with E-state index in [2.05, 4.69) is 20.6 Å². The molecule has 0 fully saturated rings. The van der Waals surface area contributed by atoms with Gasteiger partial charge in [0.05, 0.1) is 10.6 Å². The summed E-state index contributed by atoms with van der Waals surface area (Å²) in [6, 6.07) is 0. The zero-order valence-corrected chi connectivity index (χ0v) is 6.50. The number of H-pyrrole nitrogens is 1. The Hall–Kier alpha value is -1.42. The summed E-state index contributed by atoms with van der Waals surface area (Å²) in [5.41, 5.74) is 0.664. The van der Waals surface area contributed by atoms with Gasteiger partial charge in [-0.1, -0.05) is 0 Å². The Bertz CT molecular complexity index is 545. The Balaban J connectivity index is 2.06. The van der Waals surface area contributed by atoms with E-state index in [1.807, 2.05) is 0 Å². The lowest BCUT2D eigenvalue weighted by atomic mass is 10.4. The molecule has 1 unspecified atom stereocenters. The van der Waals surface area contributed by atoms with E-state index in [0.717, 1.165) is 10.6 Å². The predicted octanol–water partition coefficient (Wildman–Crippen LogP) is -1.27. The van der Waals surface area contributed by atoms with E-state index in [4.69, 9.17) is 4.42 Å². The minimum Gasteiger partial charge on any atom is -0.447 e. The fourth-order valence-electron chi connectivity index (χ4n) is 1.51. The van der Waals surface area contributed by atoms with Gasteiger partial charge in [-0.15, -0.1) is 10.2 Å². The standard InChI is InChI=1S/C5HN4O2P/c10-12-2-1(4-6-8-9-7-4)11-5(12)3(2)12/h(H,6,7,8,9). The minimum atomic E-state index is -2.12. The first-order valence-electron chi connectivity index (χ1n) is 3.36. The second-order valence-electron chi connectivity index (χ2n) is 2.78. The average Bonchev–Trinajstić information content (AvgIpc) is 2.75. The molecule has 5 rings (SSSR count). The van der Waals surface area contributed by atoms with Crippen molar-refractivity contribution in [2.75, 3.05) is 0 Å². The third-order valence-corrected chi connectivity index (χ3v) is 4.76. The normalized spacial score (nSPS) is 27.0. The molecule has 58 valence electrons. The molecule has 2 aromatic rings. The second kappa shape index (κ2) is 1.17. The van der Waals surface area contributed by atoms with Crippen LogP contribution in [0, 0.1) is 0 Å². The molecule has 0 spiro atoms. The first-order valence-corrected chi connectivity index (χ1v) is 5.06. The van der Waals surface area contributed by atoms with E-state index in [9.17, 15) is 4.57 Å². The van der Waals surface area contributed by atoms with Crippen molar-refractivity contribution < 1.29 is 8.98 Å². The Kier molecular flexibility index (Phi) is 0.512. The number of fused-ring (bicyclic) bond motifs is 1. The molecule has 0 aromatic carbocycles. The van der Waals surface area contributed by atoms with Crippen molar-refractivity contribution in [3.63, 3.8) is 0 Å². The van der Waals surface area contributed by atoms with Crippen molar-refractivity contribution in [1.29, 1.82) is 0 Å². The quantitative estimate of drug-likeness (QED) is 0.369. The van der Waals surface area contributed by atoms with Gasteiger partial charge in [0.1, 0.15) is 0 Å². The van der Waals surface area contributed by atoms with Crippen LogP contribution in [0.5, 0.6) is 0 Å². The molecule has 3 aliphatic rings. The van der Waals surface area contributed by atoms with Gasteiger partial charge >= 0.3 is 0 Å². The topological polar surface area (TPSA) is 84.7 Å². The predicted molar refractivity (Wildman–Crippen MR) is 38.4 cm³/mol. The summed E-state index contributed by atoms with van der Waals surface area (Å²) in [6.45, 7) is 0. The molecule has 5 heterocycles. The highest BCUT2D eigenvalue weighted by atomic mass is 31.2. The highest BCUT2D eigenvalue weighted by Crippen LogP contribution is 2.69. The zero-order chi connectivity index (χ0) is 7.92. The lowest BCUT2D eigenvalue weighted by Crippen LogP contribution is -1.96. The average molecular weight is 180 g/mol. The summed E-state index contributed by atoms with van der Waals surface area (Å²) in [5.74, 6) is 0.935. The maximum atomic E-state index is 11.5. The molecule has 1 atom stereocenters. The van der Waals surface area contributed by atoms with Gasteiger partial charge in [-0.2, -0.15) is 5.21 Å². The lowest BCUT2D eigenvalue weighted by molar-refractivity contribution is 0.590. The number of aromatic amines is 1. The van der Waals surface area contributed by atoms with Crippen molar-refractivity contribution >= 4 is 23.3 Å². The van der Waals surface area contributed by atoms with Crippen LogP contribution in [0.15, 0.2) is 4.42 Å². The van der Waals surface area contributed by atoms with E-state index in [1.54, 1.807) is 0 Å². The molecule has 3 aliphatic heterocycles. The summed E-state index contributed by atoms with van der Waals surface area (Å²) in [6.07, 6.45) is 0. The van der Waals surface area contributed by atoms with Crippen molar-refractivity contribution in [3.05, 3.63) is 0 Å². The van der Waals surface area contributed by atoms with E-state index in [-0.39, 0.29) is 0 Å². The highest BCUT2D eigenvalue weighted by Gasteiger charge is 2.75. The van der Waals surface area contributed by atoms with Crippen LogP contribution in [0.2, 0.25) is 0 Å². The van der Waals surface area contributed by atoms with E-state index >= 15 is 0 Å². The Morgan fingerprint density at radius 2 is 2.25 bits per heavy atom. The monoisotopic (exact) mass is 180 g/mol. The van der Waals surface area contributed by atoms with E-state index in [0.29, 0.717) is 17.1 Å². The van der Waals surface area contributed by atoms with Crippen LogP contribution in [0.25, 0.3) is 11.6 Å². The first-order chi connectivity index (χ1) is 5.83. The van der Waals surface area contributed by atoms with Gasteiger partial charge in [-0.3, -0.25) is 0 Å². The van der Waals surface area contributed by atoms with Gasteiger partial charge in [0, 0.05) is 0 Å². The van der Waals surface area contributed by atoms with Crippen LogP contribution >= 0.6 is 7.14 Å². The summed E-state index contributed by atoms with van der Waals surface area (Å²) in [7, 11) is -2.12. The van der Waals surface area contributed by atoms with Gasteiger partial charge in [0.2, 0.25) is 13.0 Å². The molecule has 0 aliphatic carbocycles. The zero-order valence-electron chi connectivity index (χ0n) is 5.61. The smallest absolute Gasteiger partial charge is 0.240 e. The molecule has 0 saturated heterocycles. The lowest BCUT2D eigenvalue weighted by Gasteiger charge is -1.79. The fraction of sp³-hybridized carbons (Fsp3) is 0. The van der Waals surface area contributed by atoms with Crippen LogP contribution in [0.3, 0.4) is 0 Å². The van der Waals surface area contributed by atoms with Crippen LogP contribution in [-0.2, 0) is 4.57 Å². The largest absolute Gasteiger partial charge is 0.447 e. The summed E-state index contributed by atoms with van der Waals surface area (Å²) >= 11 is 0. The van der Waals surface area contributed by atoms with Crippen molar-refractivity contribution in [2.45, 2.75) is 0 Å². The number of nitrogens with zero attached hydrogens (tertiary/aromatic N) is 3. The Labute approximate surface area is 65.3 Å². The summed E-state index contributed by atoms with van der Waals surface area (Å²) < 4.78 is 16.7. The van der Waals surface area contributed by atoms with Crippen molar-refractivity contribution in [3.8, 4) is 11.6 Å². The summed E-state index contributed by atoms with van der Waals surface area (Å²) in [4.78, 5) is 0. The number of hydrogen-bond donors (Lipinski definition) is 1. The molecular weight excluding hydrogens is 179 g/mol. The highest BCUT2D eigenvalue weighted by molar-refractivity contribution is 8.06. The van der Waals surface area contributed by atoms with Gasteiger partial charge in [-0.25, -0.2) is 0 Å². The maximum Gasteiger partial charge on any atom is 0.240 e. The molecule has 2 bridgehead atoms. The molecule has 0 amide bonds. The van der Waals surface area contributed by atoms with Crippen LogP contribution in [0.4, 0.5) is 0 Å². The molecule has 0 saturated carbocycles. The Morgan fingerprint density at radius 1 is 1.42 bits per heavy atom.